The summed E-state index contributed by atoms with van der Waals surface area (Å²) < 4.78 is 34.5. The molecular weight excluding hydrogens is 474 g/mol. The number of nitrogens with one attached hydrogen (secondary N) is 1. The van der Waals surface area contributed by atoms with Gasteiger partial charge in [-0.25, -0.2) is 8.42 Å². The molecule has 1 amide bonds. The summed E-state index contributed by atoms with van der Waals surface area (Å²) in [6.45, 7) is -0.0408. The normalized spacial score (nSPS) is 20.9. The number of amidine groups is 1. The van der Waals surface area contributed by atoms with E-state index in [9.17, 15) is 13.2 Å². The van der Waals surface area contributed by atoms with E-state index in [1.54, 1.807) is 36.3 Å². The summed E-state index contributed by atoms with van der Waals surface area (Å²) in [5, 5.41) is 3.77. The molecule has 1 fully saturated rings. The van der Waals surface area contributed by atoms with Crippen LogP contribution in [0, 0.1) is 0 Å². The predicted octanol–water partition coefficient (Wildman–Crippen LogP) is 3.07. The smallest absolute Gasteiger partial charge is 0.244 e. The fraction of sp³-hybridized carbons (Fsp3) is 0.333. The lowest BCUT2D eigenvalue weighted by atomic mass is 10.2. The molecule has 0 aromatic heterocycles. The van der Waals surface area contributed by atoms with Crippen LogP contribution in [0.2, 0.25) is 5.02 Å². The molecule has 4 rings (SSSR count). The van der Waals surface area contributed by atoms with Crippen LogP contribution in [0.4, 0.5) is 11.4 Å². The molecule has 170 valence electrons. The number of methoxy groups -OCH3 is 2. The van der Waals surface area contributed by atoms with Crippen molar-refractivity contribution in [1.82, 2.24) is 0 Å². The second-order valence-corrected chi connectivity index (χ2v) is 11.2. The number of carbonyl (C=O) groups excluding carboxylic acids is 1. The van der Waals surface area contributed by atoms with E-state index in [2.05, 4.69) is 10.3 Å². The average molecular weight is 496 g/mol. The van der Waals surface area contributed by atoms with Gasteiger partial charge < -0.3 is 19.7 Å². The lowest BCUT2D eigenvalue weighted by Crippen LogP contribution is -2.36. The number of halogens is 1. The first-order valence-corrected chi connectivity index (χ1v) is 12.9. The number of aliphatic imine (C=N–C) groups is 1. The number of sulfone groups is 1. The van der Waals surface area contributed by atoms with Crippen molar-refractivity contribution in [3.63, 3.8) is 0 Å². The zero-order valence-electron chi connectivity index (χ0n) is 17.4. The number of amides is 1. The summed E-state index contributed by atoms with van der Waals surface area (Å²) in [7, 11) is 0.00260. The topological polar surface area (TPSA) is 97.3 Å². The van der Waals surface area contributed by atoms with Crippen LogP contribution in [0.3, 0.4) is 0 Å². The zero-order chi connectivity index (χ0) is 22.9. The van der Waals surface area contributed by atoms with E-state index < -0.39 is 9.84 Å². The first-order chi connectivity index (χ1) is 15.3. The van der Waals surface area contributed by atoms with Crippen molar-refractivity contribution in [2.75, 3.05) is 42.5 Å². The molecule has 0 bridgehead atoms. The van der Waals surface area contributed by atoms with Crippen molar-refractivity contribution < 1.29 is 22.7 Å². The molecule has 11 heteroatoms. The largest absolute Gasteiger partial charge is 0.497 e. The standard InChI is InChI=1S/C21H22ClN3O5S2/c1-29-15-5-3-4-14(9-15)25(21-24-17-11-32(27,28)12-19(17)31-21)10-20(26)23-16-8-13(22)6-7-18(16)30-2/h3-9,17,19H,10-12H2,1-2H3,(H,23,26)/t17-,19-/m0/s1. The van der Waals surface area contributed by atoms with Gasteiger partial charge in [-0.2, -0.15) is 0 Å². The Morgan fingerprint density at radius 3 is 2.75 bits per heavy atom. The van der Waals surface area contributed by atoms with E-state index in [0.717, 1.165) is 0 Å². The summed E-state index contributed by atoms with van der Waals surface area (Å²) in [4.78, 5) is 19.4. The Hall–Kier alpha value is -2.43. The van der Waals surface area contributed by atoms with Crippen LogP contribution in [0.25, 0.3) is 0 Å². The highest BCUT2D eigenvalue weighted by Crippen LogP contribution is 2.37. The number of fused-ring (bicyclic) bond motifs is 1. The van der Waals surface area contributed by atoms with Gasteiger partial charge in [0.25, 0.3) is 0 Å². The van der Waals surface area contributed by atoms with Gasteiger partial charge >= 0.3 is 0 Å². The van der Waals surface area contributed by atoms with Crippen LogP contribution < -0.4 is 19.7 Å². The number of ether oxygens (including phenoxy) is 2. The zero-order valence-corrected chi connectivity index (χ0v) is 19.8. The highest BCUT2D eigenvalue weighted by Gasteiger charge is 2.44. The summed E-state index contributed by atoms with van der Waals surface area (Å²) in [6, 6.07) is 12.0. The first-order valence-electron chi connectivity index (χ1n) is 9.78. The minimum absolute atomic E-state index is 0.0338. The van der Waals surface area contributed by atoms with Gasteiger partial charge in [0.1, 0.15) is 18.0 Å². The van der Waals surface area contributed by atoms with Crippen LogP contribution in [0.1, 0.15) is 0 Å². The second-order valence-electron chi connectivity index (χ2n) is 7.39. The van der Waals surface area contributed by atoms with E-state index >= 15 is 0 Å². The van der Waals surface area contributed by atoms with Crippen LogP contribution in [0.15, 0.2) is 47.5 Å². The van der Waals surface area contributed by atoms with Crippen LogP contribution in [-0.2, 0) is 14.6 Å². The van der Waals surface area contributed by atoms with E-state index in [1.807, 2.05) is 18.2 Å². The fourth-order valence-electron chi connectivity index (χ4n) is 3.63. The SMILES string of the molecule is COc1cccc(N(CC(=O)Nc2cc(Cl)ccc2OC)C2=N[C@H]3CS(=O)(=O)C[C@@H]3S2)c1. The lowest BCUT2D eigenvalue weighted by Gasteiger charge is -2.24. The molecule has 2 heterocycles. The number of carbonyl (C=O) groups is 1. The van der Waals surface area contributed by atoms with Gasteiger partial charge in [-0.3, -0.25) is 9.79 Å². The molecule has 2 aromatic carbocycles. The van der Waals surface area contributed by atoms with Gasteiger partial charge in [0.05, 0.1) is 37.5 Å². The Balaban J connectivity index is 1.60. The third-order valence-electron chi connectivity index (χ3n) is 5.14. The minimum Gasteiger partial charge on any atom is -0.497 e. The van der Waals surface area contributed by atoms with Crippen molar-refractivity contribution in [2.45, 2.75) is 11.3 Å². The Morgan fingerprint density at radius 2 is 2.03 bits per heavy atom. The van der Waals surface area contributed by atoms with E-state index in [-0.39, 0.29) is 35.2 Å². The highest BCUT2D eigenvalue weighted by molar-refractivity contribution is 8.15. The number of hydrogen-bond donors (Lipinski definition) is 1. The summed E-state index contributed by atoms with van der Waals surface area (Å²) in [6.07, 6.45) is 0. The molecule has 32 heavy (non-hydrogen) atoms. The molecule has 2 aromatic rings. The highest BCUT2D eigenvalue weighted by atomic mass is 35.5. The minimum atomic E-state index is -3.08. The maximum absolute atomic E-state index is 13.0. The molecule has 0 spiro atoms. The van der Waals surface area contributed by atoms with Gasteiger partial charge in [0, 0.05) is 22.0 Å². The molecule has 0 radical (unpaired) electrons. The molecule has 0 saturated carbocycles. The third kappa shape index (κ3) is 4.97. The van der Waals surface area contributed by atoms with E-state index in [1.165, 1.54) is 18.9 Å². The van der Waals surface area contributed by atoms with Crippen molar-refractivity contribution in [3.8, 4) is 11.5 Å². The quantitative estimate of drug-likeness (QED) is 0.657. The van der Waals surface area contributed by atoms with Gasteiger partial charge in [-0.05, 0) is 30.3 Å². The Kier molecular flexibility index (Phi) is 6.55. The van der Waals surface area contributed by atoms with Crippen molar-refractivity contribution in [1.29, 1.82) is 0 Å². The van der Waals surface area contributed by atoms with Gasteiger partial charge in [-0.1, -0.05) is 29.4 Å². The summed E-state index contributed by atoms with van der Waals surface area (Å²) in [5.74, 6) is 0.944. The van der Waals surface area contributed by atoms with Crippen molar-refractivity contribution in [2.24, 2.45) is 4.99 Å². The van der Waals surface area contributed by atoms with E-state index in [0.29, 0.717) is 33.1 Å². The molecule has 1 N–H and O–H groups in total. The van der Waals surface area contributed by atoms with E-state index in [4.69, 9.17) is 21.1 Å². The predicted molar refractivity (Wildman–Crippen MR) is 128 cm³/mol. The molecule has 0 unspecified atom stereocenters. The molecule has 8 nitrogen and oxygen atoms in total. The van der Waals surface area contributed by atoms with Gasteiger partial charge in [-0.15, -0.1) is 0 Å². The molecule has 2 aliphatic rings. The summed E-state index contributed by atoms with van der Waals surface area (Å²) >= 11 is 7.46. The van der Waals surface area contributed by atoms with Crippen LogP contribution in [-0.4, -0.2) is 63.1 Å². The number of rotatable bonds is 6. The Morgan fingerprint density at radius 1 is 1.22 bits per heavy atom. The Bertz CT molecular complexity index is 1170. The fourth-order valence-corrected chi connectivity index (χ4v) is 7.58. The molecule has 2 aliphatic heterocycles. The van der Waals surface area contributed by atoms with Gasteiger partial charge in [0.2, 0.25) is 5.91 Å². The number of thioether (sulfide) groups is 1. The third-order valence-corrected chi connectivity index (χ3v) is 8.62. The maximum Gasteiger partial charge on any atom is 0.244 e. The molecule has 1 saturated heterocycles. The van der Waals surface area contributed by atoms with Gasteiger partial charge in [0.15, 0.2) is 15.0 Å². The number of benzene rings is 2. The molecule has 0 aliphatic carbocycles. The summed E-state index contributed by atoms with van der Waals surface area (Å²) in [5.41, 5.74) is 1.17. The van der Waals surface area contributed by atoms with Crippen molar-refractivity contribution >= 4 is 55.6 Å². The molecular formula is C21H22ClN3O5S2. The molecule has 2 atom stereocenters. The van der Waals surface area contributed by atoms with Crippen LogP contribution >= 0.6 is 23.4 Å². The van der Waals surface area contributed by atoms with Crippen LogP contribution in [0.5, 0.6) is 11.5 Å². The monoisotopic (exact) mass is 495 g/mol. The maximum atomic E-state index is 13.0. The van der Waals surface area contributed by atoms with Crippen molar-refractivity contribution in [3.05, 3.63) is 47.5 Å². The number of hydrogen-bond acceptors (Lipinski definition) is 8. The second kappa shape index (κ2) is 9.21. The first kappa shape index (κ1) is 22.8. The number of anilines is 2. The Labute approximate surface area is 195 Å². The average Bonchev–Trinajstić information content (AvgIpc) is 3.25. The lowest BCUT2D eigenvalue weighted by molar-refractivity contribution is -0.114. The number of nitrogens with zero attached hydrogens (tertiary/aromatic N) is 2.